The molecule has 0 bridgehead atoms. The highest BCUT2D eigenvalue weighted by Gasteiger charge is 2.22. The number of carbonyl (C=O) groups is 1. The first-order valence-electron chi connectivity index (χ1n) is 8.67. The molecule has 0 aliphatic carbocycles. The lowest BCUT2D eigenvalue weighted by Gasteiger charge is -2.24. The van der Waals surface area contributed by atoms with Crippen LogP contribution in [-0.4, -0.2) is 11.9 Å². The maximum Gasteiger partial charge on any atom is 0.241 e. The summed E-state index contributed by atoms with van der Waals surface area (Å²) < 4.78 is 27.6. The molecule has 138 valence electrons. The van der Waals surface area contributed by atoms with E-state index in [-0.39, 0.29) is 6.04 Å². The van der Waals surface area contributed by atoms with Gasteiger partial charge in [-0.25, -0.2) is 8.78 Å². The van der Waals surface area contributed by atoms with E-state index in [1.165, 1.54) is 6.07 Å². The van der Waals surface area contributed by atoms with Gasteiger partial charge in [-0.15, -0.1) is 0 Å². The van der Waals surface area contributed by atoms with Crippen molar-refractivity contribution in [3.05, 3.63) is 102 Å². The lowest BCUT2D eigenvalue weighted by Crippen LogP contribution is -2.40. The summed E-state index contributed by atoms with van der Waals surface area (Å²) in [5.74, 6) is -2.13. The van der Waals surface area contributed by atoms with Crippen molar-refractivity contribution in [1.82, 2.24) is 5.32 Å². The molecule has 1 atom stereocenters. The van der Waals surface area contributed by atoms with Gasteiger partial charge in [-0.3, -0.25) is 10.1 Å². The van der Waals surface area contributed by atoms with E-state index in [1.807, 2.05) is 60.7 Å². The summed E-state index contributed by atoms with van der Waals surface area (Å²) in [4.78, 5) is 12.5. The normalized spacial score (nSPS) is 12.0. The number of nitrogens with one attached hydrogen (secondary N) is 2. The summed E-state index contributed by atoms with van der Waals surface area (Å²) in [6.45, 7) is 1.66. The minimum Gasteiger partial charge on any atom is -0.320 e. The van der Waals surface area contributed by atoms with Gasteiger partial charge < -0.3 is 5.32 Å². The van der Waals surface area contributed by atoms with Crippen LogP contribution in [0.15, 0.2) is 78.9 Å². The fourth-order valence-corrected chi connectivity index (χ4v) is 2.85. The van der Waals surface area contributed by atoms with Gasteiger partial charge in [-0.2, -0.15) is 0 Å². The quantitative estimate of drug-likeness (QED) is 0.666. The molecule has 0 aliphatic rings. The van der Waals surface area contributed by atoms with E-state index >= 15 is 0 Å². The number of anilines is 1. The van der Waals surface area contributed by atoms with E-state index in [4.69, 9.17) is 0 Å². The summed E-state index contributed by atoms with van der Waals surface area (Å²) >= 11 is 0. The number of halogens is 2. The van der Waals surface area contributed by atoms with Crippen molar-refractivity contribution in [3.8, 4) is 0 Å². The van der Waals surface area contributed by atoms with E-state index in [0.29, 0.717) is 0 Å². The Morgan fingerprint density at radius 1 is 0.778 bits per heavy atom. The molecule has 3 rings (SSSR count). The first-order chi connectivity index (χ1) is 13.1. The molecule has 0 aromatic heterocycles. The molecule has 0 aliphatic heterocycles. The van der Waals surface area contributed by atoms with Gasteiger partial charge in [0.25, 0.3) is 0 Å². The first-order valence-corrected chi connectivity index (χ1v) is 8.67. The topological polar surface area (TPSA) is 41.1 Å². The van der Waals surface area contributed by atoms with Crippen molar-refractivity contribution in [2.75, 3.05) is 5.32 Å². The minimum absolute atomic E-state index is 0.237. The highest BCUT2D eigenvalue weighted by atomic mass is 19.1. The highest BCUT2D eigenvalue weighted by molar-refractivity contribution is 5.94. The Hall–Kier alpha value is -3.05. The summed E-state index contributed by atoms with van der Waals surface area (Å²) in [5.41, 5.74) is 1.54. The van der Waals surface area contributed by atoms with Crippen LogP contribution in [0.4, 0.5) is 14.5 Å². The average Bonchev–Trinajstić information content (AvgIpc) is 2.70. The van der Waals surface area contributed by atoms with Crippen LogP contribution in [-0.2, 0) is 4.79 Å². The van der Waals surface area contributed by atoms with E-state index < -0.39 is 29.3 Å². The van der Waals surface area contributed by atoms with E-state index in [1.54, 1.807) is 6.92 Å². The third-order valence-corrected chi connectivity index (χ3v) is 4.29. The first kappa shape index (κ1) is 18.7. The van der Waals surface area contributed by atoms with Crippen LogP contribution in [0.3, 0.4) is 0 Å². The van der Waals surface area contributed by atoms with Crippen LogP contribution >= 0.6 is 0 Å². The van der Waals surface area contributed by atoms with Gasteiger partial charge in [0, 0.05) is 0 Å². The molecule has 5 heteroatoms. The molecule has 0 heterocycles. The predicted octanol–water partition coefficient (Wildman–Crippen LogP) is 4.67. The van der Waals surface area contributed by atoms with Crippen molar-refractivity contribution < 1.29 is 13.6 Å². The Morgan fingerprint density at radius 3 is 1.74 bits per heavy atom. The van der Waals surface area contributed by atoms with Gasteiger partial charge in [0.05, 0.1) is 12.1 Å². The Balaban J connectivity index is 1.80. The van der Waals surface area contributed by atoms with Gasteiger partial charge in [0.15, 0.2) is 0 Å². The zero-order chi connectivity index (χ0) is 19.2. The lowest BCUT2D eigenvalue weighted by atomic mass is 9.98. The van der Waals surface area contributed by atoms with E-state index in [0.717, 1.165) is 23.3 Å². The Labute approximate surface area is 157 Å². The number of hydrogen-bond acceptors (Lipinski definition) is 2. The molecule has 3 aromatic carbocycles. The van der Waals surface area contributed by atoms with Crippen LogP contribution in [0.2, 0.25) is 0 Å². The molecule has 0 radical (unpaired) electrons. The molecule has 1 amide bonds. The Bertz CT molecular complexity index is 841. The monoisotopic (exact) mass is 366 g/mol. The van der Waals surface area contributed by atoms with Crippen molar-refractivity contribution in [3.63, 3.8) is 0 Å². The molecular formula is C22H20F2N2O. The number of amides is 1. The van der Waals surface area contributed by atoms with Crippen LogP contribution in [0.1, 0.15) is 24.1 Å². The van der Waals surface area contributed by atoms with Crippen molar-refractivity contribution in [1.29, 1.82) is 0 Å². The van der Waals surface area contributed by atoms with Crippen LogP contribution < -0.4 is 10.6 Å². The average molecular weight is 366 g/mol. The largest absolute Gasteiger partial charge is 0.320 e. The fraction of sp³-hybridized carbons (Fsp3) is 0.136. The third-order valence-electron chi connectivity index (χ3n) is 4.29. The second-order valence-electron chi connectivity index (χ2n) is 6.23. The molecule has 27 heavy (non-hydrogen) atoms. The van der Waals surface area contributed by atoms with E-state index in [9.17, 15) is 13.6 Å². The summed E-state index contributed by atoms with van der Waals surface area (Å²) in [5, 5.41) is 5.59. The van der Waals surface area contributed by atoms with Crippen molar-refractivity contribution in [2.24, 2.45) is 0 Å². The second kappa shape index (κ2) is 8.56. The molecule has 0 fully saturated rings. The molecule has 3 aromatic rings. The molecule has 0 saturated heterocycles. The standard InChI is InChI=1S/C22H20F2N2O/c1-15(22(27)26-21-18(23)13-8-14-19(21)24)25-20(16-9-4-2-5-10-16)17-11-6-3-7-12-17/h2-15,20,25H,1H3,(H,26,27)/t15-/m0/s1. The fourth-order valence-electron chi connectivity index (χ4n) is 2.85. The molecule has 2 N–H and O–H groups in total. The smallest absolute Gasteiger partial charge is 0.241 e. The molecular weight excluding hydrogens is 346 g/mol. The maximum absolute atomic E-state index is 13.8. The molecule has 0 saturated carbocycles. The number of hydrogen-bond donors (Lipinski definition) is 2. The van der Waals surface area contributed by atoms with Crippen LogP contribution in [0, 0.1) is 11.6 Å². The van der Waals surface area contributed by atoms with E-state index in [2.05, 4.69) is 10.6 Å². The predicted molar refractivity (Wildman–Crippen MR) is 102 cm³/mol. The Kier molecular flexibility index (Phi) is 5.94. The zero-order valence-electron chi connectivity index (χ0n) is 14.8. The maximum atomic E-state index is 13.8. The SMILES string of the molecule is C[C@H](NC(c1ccccc1)c1ccccc1)C(=O)Nc1c(F)cccc1F. The third kappa shape index (κ3) is 4.57. The van der Waals surface area contributed by atoms with Gasteiger partial charge in [0.2, 0.25) is 5.91 Å². The highest BCUT2D eigenvalue weighted by Crippen LogP contribution is 2.23. The number of benzene rings is 3. The van der Waals surface area contributed by atoms with Crippen LogP contribution in [0.5, 0.6) is 0 Å². The van der Waals surface area contributed by atoms with Crippen LogP contribution in [0.25, 0.3) is 0 Å². The summed E-state index contributed by atoms with van der Waals surface area (Å²) in [6, 6.07) is 21.9. The summed E-state index contributed by atoms with van der Waals surface area (Å²) in [6.07, 6.45) is 0. The number of carbonyl (C=O) groups excluding carboxylic acids is 1. The van der Waals surface area contributed by atoms with Gasteiger partial charge in [-0.05, 0) is 30.2 Å². The van der Waals surface area contributed by atoms with Gasteiger partial charge >= 0.3 is 0 Å². The molecule has 0 unspecified atom stereocenters. The van der Waals surface area contributed by atoms with Gasteiger partial charge in [-0.1, -0.05) is 66.7 Å². The minimum atomic E-state index is -0.807. The molecule has 3 nitrogen and oxygen atoms in total. The number of para-hydroxylation sites is 1. The molecule has 0 spiro atoms. The van der Waals surface area contributed by atoms with Gasteiger partial charge in [0.1, 0.15) is 17.3 Å². The Morgan fingerprint density at radius 2 is 1.26 bits per heavy atom. The van der Waals surface area contributed by atoms with Crippen molar-refractivity contribution >= 4 is 11.6 Å². The second-order valence-corrected chi connectivity index (χ2v) is 6.23. The number of rotatable bonds is 6. The summed E-state index contributed by atoms with van der Waals surface area (Å²) in [7, 11) is 0. The van der Waals surface area contributed by atoms with Crippen molar-refractivity contribution in [2.45, 2.75) is 19.0 Å². The zero-order valence-corrected chi connectivity index (χ0v) is 14.8. The lowest BCUT2D eigenvalue weighted by molar-refractivity contribution is -0.117.